The molecule has 1 aliphatic rings. The summed E-state index contributed by atoms with van der Waals surface area (Å²) in [5.41, 5.74) is 3.61. The van der Waals surface area contributed by atoms with Crippen LogP contribution in [0.15, 0.2) is 42.5 Å². The lowest BCUT2D eigenvalue weighted by molar-refractivity contribution is -0.118. The van der Waals surface area contributed by atoms with Crippen LogP contribution >= 0.6 is 0 Å². The van der Waals surface area contributed by atoms with E-state index in [2.05, 4.69) is 11.4 Å². The molecule has 0 aliphatic carbocycles. The zero-order chi connectivity index (χ0) is 18.0. The number of ether oxygens (including phenoxy) is 1. The fourth-order valence-electron chi connectivity index (χ4n) is 3.18. The minimum absolute atomic E-state index is 0.0683. The lowest BCUT2D eigenvalue weighted by atomic mass is 10.1. The summed E-state index contributed by atoms with van der Waals surface area (Å²) in [5.74, 6) is 0.281. The Kier molecular flexibility index (Phi) is 4.74. The molecule has 1 atom stereocenters. The maximum atomic E-state index is 12.7. The number of carbonyl (C=O) groups is 2. The molecular formula is C20H22N2O3. The van der Waals surface area contributed by atoms with Crippen molar-refractivity contribution in [2.75, 3.05) is 18.6 Å². The highest BCUT2D eigenvalue weighted by atomic mass is 16.5. The average Bonchev–Trinajstić information content (AvgIpc) is 2.94. The highest BCUT2D eigenvalue weighted by Crippen LogP contribution is 2.24. The van der Waals surface area contributed by atoms with Gasteiger partial charge in [0.05, 0.1) is 7.11 Å². The van der Waals surface area contributed by atoms with E-state index in [1.807, 2.05) is 26.0 Å². The molecule has 3 rings (SSSR count). The van der Waals surface area contributed by atoms with Gasteiger partial charge in [-0.05, 0) is 61.7 Å². The maximum absolute atomic E-state index is 12.7. The molecule has 1 heterocycles. The summed E-state index contributed by atoms with van der Waals surface area (Å²) in [6.07, 6.45) is 0.599. The van der Waals surface area contributed by atoms with Crippen molar-refractivity contribution in [2.45, 2.75) is 26.3 Å². The van der Waals surface area contributed by atoms with Crippen molar-refractivity contribution in [1.29, 1.82) is 0 Å². The Morgan fingerprint density at radius 2 is 1.88 bits per heavy atom. The number of hydrogen-bond acceptors (Lipinski definition) is 3. The lowest BCUT2D eigenvalue weighted by Gasteiger charge is -2.18. The van der Waals surface area contributed by atoms with E-state index in [0.29, 0.717) is 24.3 Å². The van der Waals surface area contributed by atoms with Crippen molar-refractivity contribution in [3.05, 3.63) is 59.2 Å². The fourth-order valence-corrected chi connectivity index (χ4v) is 3.18. The molecule has 0 radical (unpaired) electrons. The Labute approximate surface area is 147 Å². The van der Waals surface area contributed by atoms with Crippen LogP contribution in [0.5, 0.6) is 5.75 Å². The lowest BCUT2D eigenvalue weighted by Crippen LogP contribution is -2.41. The Balaban J connectivity index is 1.72. The van der Waals surface area contributed by atoms with Crippen molar-refractivity contribution < 1.29 is 14.3 Å². The topological polar surface area (TPSA) is 58.6 Å². The van der Waals surface area contributed by atoms with Gasteiger partial charge in [0.15, 0.2) is 0 Å². The molecular weight excluding hydrogens is 316 g/mol. The molecule has 2 aromatic rings. The standard InChI is InChI=1S/C20H22N2O3/c1-13-9-14(2)11-16(10-13)22-8-7-18(20(22)24)21-19(23)15-5-4-6-17(12-15)25-3/h4-6,9-12,18H,7-8H2,1-3H3,(H,21,23)/t18-/m0/s1. The van der Waals surface area contributed by atoms with Crippen LogP contribution in [-0.2, 0) is 4.79 Å². The monoisotopic (exact) mass is 338 g/mol. The van der Waals surface area contributed by atoms with Crippen molar-refractivity contribution in [1.82, 2.24) is 5.32 Å². The SMILES string of the molecule is COc1cccc(C(=O)N[C@H]2CCN(c3cc(C)cc(C)c3)C2=O)c1. The molecule has 0 saturated carbocycles. The van der Waals surface area contributed by atoms with E-state index in [1.165, 1.54) is 0 Å². The van der Waals surface area contributed by atoms with E-state index < -0.39 is 6.04 Å². The number of nitrogens with one attached hydrogen (secondary N) is 1. The first kappa shape index (κ1) is 17.0. The van der Waals surface area contributed by atoms with Crippen LogP contribution in [0.2, 0.25) is 0 Å². The van der Waals surface area contributed by atoms with Gasteiger partial charge in [-0.25, -0.2) is 0 Å². The largest absolute Gasteiger partial charge is 0.497 e. The second-order valence-electron chi connectivity index (χ2n) is 6.38. The quantitative estimate of drug-likeness (QED) is 0.932. The summed E-state index contributed by atoms with van der Waals surface area (Å²) in [5, 5.41) is 2.84. The number of rotatable bonds is 4. The van der Waals surface area contributed by atoms with Gasteiger partial charge in [-0.2, -0.15) is 0 Å². The van der Waals surface area contributed by atoms with Gasteiger partial charge in [0.1, 0.15) is 11.8 Å². The summed E-state index contributed by atoms with van der Waals surface area (Å²) in [4.78, 5) is 26.9. The van der Waals surface area contributed by atoms with Crippen LogP contribution in [0.3, 0.4) is 0 Å². The van der Waals surface area contributed by atoms with E-state index in [0.717, 1.165) is 16.8 Å². The molecule has 5 nitrogen and oxygen atoms in total. The van der Waals surface area contributed by atoms with Crippen LogP contribution in [0.1, 0.15) is 27.9 Å². The second-order valence-corrected chi connectivity index (χ2v) is 6.38. The Bertz CT molecular complexity index is 796. The third-order valence-corrected chi connectivity index (χ3v) is 4.36. The summed E-state index contributed by atoms with van der Waals surface area (Å²) < 4.78 is 5.14. The van der Waals surface area contributed by atoms with Gasteiger partial charge in [0, 0.05) is 17.8 Å². The molecule has 0 bridgehead atoms. The van der Waals surface area contributed by atoms with Crippen molar-refractivity contribution in [3.63, 3.8) is 0 Å². The fraction of sp³-hybridized carbons (Fsp3) is 0.300. The van der Waals surface area contributed by atoms with Crippen LogP contribution in [-0.4, -0.2) is 31.5 Å². The van der Waals surface area contributed by atoms with Gasteiger partial charge in [-0.3, -0.25) is 9.59 Å². The summed E-state index contributed by atoms with van der Waals surface area (Å²) in [6, 6.07) is 12.5. The van der Waals surface area contributed by atoms with Gasteiger partial charge in [-0.15, -0.1) is 0 Å². The van der Waals surface area contributed by atoms with Crippen molar-refractivity contribution in [2.24, 2.45) is 0 Å². The maximum Gasteiger partial charge on any atom is 0.252 e. The number of methoxy groups -OCH3 is 1. The number of benzene rings is 2. The highest BCUT2D eigenvalue weighted by Gasteiger charge is 2.33. The number of hydrogen-bond donors (Lipinski definition) is 1. The predicted molar refractivity (Wildman–Crippen MR) is 97.1 cm³/mol. The first-order valence-electron chi connectivity index (χ1n) is 8.32. The average molecular weight is 338 g/mol. The van der Waals surface area contributed by atoms with Crippen LogP contribution in [0.25, 0.3) is 0 Å². The molecule has 5 heteroatoms. The third-order valence-electron chi connectivity index (χ3n) is 4.36. The van der Waals surface area contributed by atoms with Gasteiger partial charge >= 0.3 is 0 Å². The Morgan fingerprint density at radius 3 is 2.56 bits per heavy atom. The van der Waals surface area contributed by atoms with Gasteiger partial charge in [-0.1, -0.05) is 12.1 Å². The predicted octanol–water partition coefficient (Wildman–Crippen LogP) is 2.85. The first-order chi connectivity index (χ1) is 12.0. The summed E-state index contributed by atoms with van der Waals surface area (Å²) in [7, 11) is 1.55. The van der Waals surface area contributed by atoms with E-state index in [4.69, 9.17) is 4.74 Å². The highest BCUT2D eigenvalue weighted by molar-refractivity contribution is 6.04. The molecule has 2 amide bonds. The number of aryl methyl sites for hydroxylation is 2. The van der Waals surface area contributed by atoms with Gasteiger partial charge < -0.3 is 15.0 Å². The summed E-state index contributed by atoms with van der Waals surface area (Å²) >= 11 is 0. The van der Waals surface area contributed by atoms with E-state index >= 15 is 0 Å². The van der Waals surface area contributed by atoms with Crippen LogP contribution in [0, 0.1) is 13.8 Å². The minimum atomic E-state index is -0.500. The molecule has 1 fully saturated rings. The van der Waals surface area contributed by atoms with E-state index in [-0.39, 0.29) is 11.8 Å². The number of anilines is 1. The van der Waals surface area contributed by atoms with E-state index in [9.17, 15) is 9.59 Å². The number of nitrogens with zero attached hydrogens (tertiary/aromatic N) is 1. The molecule has 25 heavy (non-hydrogen) atoms. The molecule has 130 valence electrons. The van der Waals surface area contributed by atoms with Crippen molar-refractivity contribution >= 4 is 17.5 Å². The Morgan fingerprint density at radius 1 is 1.16 bits per heavy atom. The van der Waals surface area contributed by atoms with E-state index in [1.54, 1.807) is 36.3 Å². The van der Waals surface area contributed by atoms with Gasteiger partial charge in [0.25, 0.3) is 5.91 Å². The van der Waals surface area contributed by atoms with Crippen LogP contribution in [0.4, 0.5) is 5.69 Å². The van der Waals surface area contributed by atoms with Gasteiger partial charge in [0.2, 0.25) is 5.91 Å². The molecule has 1 N–H and O–H groups in total. The second kappa shape index (κ2) is 6.97. The number of carbonyl (C=O) groups excluding carboxylic acids is 2. The zero-order valence-corrected chi connectivity index (χ0v) is 14.7. The smallest absolute Gasteiger partial charge is 0.252 e. The minimum Gasteiger partial charge on any atom is -0.497 e. The van der Waals surface area contributed by atoms with Crippen molar-refractivity contribution in [3.8, 4) is 5.75 Å². The molecule has 2 aromatic carbocycles. The molecule has 0 aromatic heterocycles. The molecule has 0 unspecified atom stereocenters. The molecule has 1 aliphatic heterocycles. The third kappa shape index (κ3) is 3.65. The normalized spacial score (nSPS) is 16.8. The van der Waals surface area contributed by atoms with Crippen LogP contribution < -0.4 is 15.0 Å². The molecule has 1 saturated heterocycles. The number of amides is 2. The first-order valence-corrected chi connectivity index (χ1v) is 8.32. The Hall–Kier alpha value is -2.82. The molecule has 0 spiro atoms. The zero-order valence-electron chi connectivity index (χ0n) is 14.7. The summed E-state index contributed by atoms with van der Waals surface area (Å²) in [6.45, 7) is 4.63.